The molecule has 90 valence electrons. The Hall–Kier alpha value is -0.610. The summed E-state index contributed by atoms with van der Waals surface area (Å²) in [5.41, 5.74) is 5.72. The first-order valence-electron chi connectivity index (χ1n) is 5.16. The molecule has 2 N–H and O–H groups in total. The molecule has 1 rings (SSSR count). The van der Waals surface area contributed by atoms with Gasteiger partial charge in [0.05, 0.1) is 0 Å². The minimum absolute atomic E-state index is 0.0320. The molecule has 1 unspecified atom stereocenters. The molecule has 1 atom stereocenters. The standard InChI is InChI=1S/C12H17F2NS/c1-12(2,3)11(7-15)16-8-4-5-9(13)10(14)6-8/h4-6,11H,7,15H2,1-3H3. The second kappa shape index (κ2) is 5.15. The van der Waals surface area contributed by atoms with Gasteiger partial charge in [0, 0.05) is 16.7 Å². The lowest BCUT2D eigenvalue weighted by molar-refractivity contribution is 0.398. The molecule has 1 nitrogen and oxygen atoms in total. The Morgan fingerprint density at radius 3 is 2.31 bits per heavy atom. The van der Waals surface area contributed by atoms with E-state index in [1.807, 2.05) is 0 Å². The molecule has 0 saturated heterocycles. The molecule has 1 aromatic rings. The lowest BCUT2D eigenvalue weighted by Gasteiger charge is -2.28. The van der Waals surface area contributed by atoms with Gasteiger partial charge in [-0.3, -0.25) is 0 Å². The number of hydrogen-bond acceptors (Lipinski definition) is 2. The summed E-state index contributed by atoms with van der Waals surface area (Å²) in [4.78, 5) is 0.712. The van der Waals surface area contributed by atoms with E-state index in [-0.39, 0.29) is 10.7 Å². The van der Waals surface area contributed by atoms with Crippen molar-refractivity contribution in [2.24, 2.45) is 11.1 Å². The van der Waals surface area contributed by atoms with Crippen LogP contribution in [0, 0.1) is 17.0 Å². The van der Waals surface area contributed by atoms with Crippen molar-refractivity contribution < 1.29 is 8.78 Å². The molecule has 0 aromatic heterocycles. The van der Waals surface area contributed by atoms with Gasteiger partial charge in [-0.05, 0) is 23.6 Å². The van der Waals surface area contributed by atoms with Gasteiger partial charge in [0.2, 0.25) is 0 Å². The first-order chi connectivity index (χ1) is 7.34. The number of hydrogen-bond donors (Lipinski definition) is 1. The zero-order valence-corrected chi connectivity index (χ0v) is 10.6. The van der Waals surface area contributed by atoms with Crippen molar-refractivity contribution in [2.75, 3.05) is 6.54 Å². The maximum atomic E-state index is 13.0. The van der Waals surface area contributed by atoms with E-state index in [9.17, 15) is 8.78 Å². The van der Waals surface area contributed by atoms with E-state index in [0.29, 0.717) is 11.4 Å². The summed E-state index contributed by atoms with van der Waals surface area (Å²) in [5.74, 6) is -1.63. The van der Waals surface area contributed by atoms with Crippen LogP contribution in [0.1, 0.15) is 20.8 Å². The van der Waals surface area contributed by atoms with Gasteiger partial charge in [0.25, 0.3) is 0 Å². The summed E-state index contributed by atoms with van der Waals surface area (Å²) in [6.45, 7) is 6.75. The molecule has 0 heterocycles. The van der Waals surface area contributed by atoms with Crippen LogP contribution >= 0.6 is 11.8 Å². The van der Waals surface area contributed by atoms with Crippen LogP contribution in [0.25, 0.3) is 0 Å². The van der Waals surface area contributed by atoms with Crippen molar-refractivity contribution in [3.05, 3.63) is 29.8 Å². The summed E-state index contributed by atoms with van der Waals surface area (Å²) < 4.78 is 25.8. The maximum absolute atomic E-state index is 13.0. The number of benzene rings is 1. The van der Waals surface area contributed by atoms with Gasteiger partial charge in [0.15, 0.2) is 11.6 Å². The topological polar surface area (TPSA) is 26.0 Å². The van der Waals surface area contributed by atoms with Gasteiger partial charge in [-0.25, -0.2) is 8.78 Å². The zero-order chi connectivity index (χ0) is 12.3. The third-order valence-corrected chi connectivity index (χ3v) is 4.06. The van der Waals surface area contributed by atoms with Crippen LogP contribution in [0.3, 0.4) is 0 Å². The van der Waals surface area contributed by atoms with Gasteiger partial charge in [-0.2, -0.15) is 0 Å². The molecule has 0 amide bonds. The minimum Gasteiger partial charge on any atom is -0.329 e. The van der Waals surface area contributed by atoms with E-state index in [1.54, 1.807) is 6.07 Å². The second-order valence-corrected chi connectivity index (χ2v) is 6.06. The fourth-order valence-corrected chi connectivity index (χ4v) is 2.39. The van der Waals surface area contributed by atoms with Crippen molar-refractivity contribution in [3.63, 3.8) is 0 Å². The molecular weight excluding hydrogens is 228 g/mol. The molecule has 0 bridgehead atoms. The average Bonchev–Trinajstić information content (AvgIpc) is 2.18. The number of halogens is 2. The van der Waals surface area contributed by atoms with Gasteiger partial charge < -0.3 is 5.73 Å². The van der Waals surface area contributed by atoms with Crippen LogP contribution in [0.4, 0.5) is 8.78 Å². The summed E-state index contributed by atoms with van der Waals surface area (Å²) >= 11 is 1.49. The number of rotatable bonds is 3. The van der Waals surface area contributed by atoms with Gasteiger partial charge >= 0.3 is 0 Å². The Morgan fingerprint density at radius 2 is 1.88 bits per heavy atom. The molecule has 0 aliphatic rings. The molecular formula is C12H17F2NS. The van der Waals surface area contributed by atoms with Crippen molar-refractivity contribution >= 4 is 11.8 Å². The predicted octanol–water partition coefficient (Wildman–Crippen LogP) is 3.43. The molecule has 0 aliphatic heterocycles. The van der Waals surface area contributed by atoms with Crippen molar-refractivity contribution in [2.45, 2.75) is 30.9 Å². The Kier molecular flexibility index (Phi) is 4.33. The first-order valence-corrected chi connectivity index (χ1v) is 6.04. The van der Waals surface area contributed by atoms with Crippen molar-refractivity contribution in [1.82, 2.24) is 0 Å². The Bertz CT molecular complexity index is 361. The summed E-state index contributed by atoms with van der Waals surface area (Å²) in [7, 11) is 0. The number of nitrogens with two attached hydrogens (primary N) is 1. The van der Waals surface area contributed by atoms with E-state index in [1.165, 1.54) is 17.8 Å². The van der Waals surface area contributed by atoms with E-state index >= 15 is 0 Å². The zero-order valence-electron chi connectivity index (χ0n) is 9.76. The third kappa shape index (κ3) is 3.46. The van der Waals surface area contributed by atoms with Crippen LogP contribution < -0.4 is 5.73 Å². The molecule has 0 aliphatic carbocycles. The third-order valence-electron chi connectivity index (χ3n) is 2.35. The van der Waals surface area contributed by atoms with E-state index < -0.39 is 11.6 Å². The lowest BCUT2D eigenvalue weighted by atomic mass is 9.92. The molecule has 16 heavy (non-hydrogen) atoms. The van der Waals surface area contributed by atoms with E-state index in [2.05, 4.69) is 20.8 Å². The summed E-state index contributed by atoms with van der Waals surface area (Å²) in [5, 5.41) is 0.178. The summed E-state index contributed by atoms with van der Waals surface area (Å²) in [6.07, 6.45) is 0. The fourth-order valence-electron chi connectivity index (χ4n) is 1.29. The Balaban J connectivity index is 2.83. The normalized spacial score (nSPS) is 13.9. The predicted molar refractivity (Wildman–Crippen MR) is 64.5 cm³/mol. The average molecular weight is 245 g/mol. The molecule has 4 heteroatoms. The van der Waals surface area contributed by atoms with Gasteiger partial charge in [-0.1, -0.05) is 20.8 Å². The van der Waals surface area contributed by atoms with E-state index in [4.69, 9.17) is 5.73 Å². The smallest absolute Gasteiger partial charge is 0.159 e. The molecule has 0 saturated carbocycles. The molecule has 0 radical (unpaired) electrons. The molecule has 0 spiro atoms. The Labute approximate surface area is 99.4 Å². The molecule has 1 aromatic carbocycles. The highest BCUT2D eigenvalue weighted by Crippen LogP contribution is 2.34. The van der Waals surface area contributed by atoms with Gasteiger partial charge in [0.1, 0.15) is 0 Å². The number of thioether (sulfide) groups is 1. The second-order valence-electron chi connectivity index (χ2n) is 4.78. The highest BCUT2D eigenvalue weighted by molar-refractivity contribution is 8.00. The monoisotopic (exact) mass is 245 g/mol. The van der Waals surface area contributed by atoms with Crippen molar-refractivity contribution in [3.8, 4) is 0 Å². The maximum Gasteiger partial charge on any atom is 0.159 e. The van der Waals surface area contributed by atoms with Crippen LogP contribution in [0.15, 0.2) is 23.1 Å². The van der Waals surface area contributed by atoms with Crippen molar-refractivity contribution in [1.29, 1.82) is 0 Å². The molecule has 0 fully saturated rings. The minimum atomic E-state index is -0.815. The van der Waals surface area contributed by atoms with Crippen LogP contribution in [-0.4, -0.2) is 11.8 Å². The lowest BCUT2D eigenvalue weighted by Crippen LogP contribution is -2.30. The Morgan fingerprint density at radius 1 is 1.25 bits per heavy atom. The summed E-state index contributed by atoms with van der Waals surface area (Å²) in [6, 6.07) is 3.94. The fraction of sp³-hybridized carbons (Fsp3) is 0.500. The highest BCUT2D eigenvalue weighted by Gasteiger charge is 2.24. The highest BCUT2D eigenvalue weighted by atomic mass is 32.2. The SMILES string of the molecule is CC(C)(C)C(CN)Sc1ccc(F)c(F)c1. The van der Waals surface area contributed by atoms with Gasteiger partial charge in [-0.15, -0.1) is 11.8 Å². The van der Waals surface area contributed by atoms with Crippen LogP contribution in [0.2, 0.25) is 0 Å². The quantitative estimate of drug-likeness (QED) is 0.826. The largest absolute Gasteiger partial charge is 0.329 e. The van der Waals surface area contributed by atoms with Crippen LogP contribution in [0.5, 0.6) is 0 Å². The first kappa shape index (κ1) is 13.5. The van der Waals surface area contributed by atoms with E-state index in [0.717, 1.165) is 6.07 Å². The van der Waals surface area contributed by atoms with Crippen LogP contribution in [-0.2, 0) is 0 Å².